The summed E-state index contributed by atoms with van der Waals surface area (Å²) in [5, 5.41) is 8.80. The van der Waals surface area contributed by atoms with Crippen LogP contribution in [0.2, 0.25) is 0 Å². The normalized spacial score (nSPS) is 13.8. The van der Waals surface area contributed by atoms with Crippen LogP contribution < -0.4 is 19.3 Å². The molecule has 7 nitrogen and oxygen atoms in total. The molecule has 0 unspecified atom stereocenters. The van der Waals surface area contributed by atoms with Gasteiger partial charge in [0.1, 0.15) is 6.61 Å². The molecule has 0 radical (unpaired) electrons. The highest BCUT2D eigenvalue weighted by atomic mass is 16.5. The first-order chi connectivity index (χ1) is 13.7. The quantitative estimate of drug-likeness (QED) is 0.680. The van der Waals surface area contributed by atoms with Gasteiger partial charge in [-0.15, -0.1) is 10.2 Å². The molecule has 1 aliphatic heterocycles. The standard InChI is InChI=1S/C21H25N5O2/c1-24-12-13-26(14-16-8-4-5-9-17(16)24)21-23-22-20(25(21)2)15-28-19-11-7-6-10-18(19)27-3/h4-11H,12-15H2,1-3H3. The van der Waals surface area contributed by atoms with E-state index in [2.05, 4.69) is 51.3 Å². The average molecular weight is 379 g/mol. The number of anilines is 2. The largest absolute Gasteiger partial charge is 0.493 e. The summed E-state index contributed by atoms with van der Waals surface area (Å²) in [4.78, 5) is 4.55. The highest BCUT2D eigenvalue weighted by Crippen LogP contribution is 2.28. The summed E-state index contributed by atoms with van der Waals surface area (Å²) in [7, 11) is 5.75. The van der Waals surface area contributed by atoms with Crippen molar-refractivity contribution >= 4 is 11.6 Å². The first kappa shape index (κ1) is 18.2. The predicted molar refractivity (Wildman–Crippen MR) is 109 cm³/mol. The first-order valence-corrected chi connectivity index (χ1v) is 9.35. The Morgan fingerprint density at radius 3 is 2.50 bits per heavy atom. The molecule has 1 aromatic heterocycles. The summed E-state index contributed by atoms with van der Waals surface area (Å²) >= 11 is 0. The van der Waals surface area contributed by atoms with Crippen molar-refractivity contribution in [2.45, 2.75) is 13.2 Å². The molecule has 0 saturated heterocycles. The van der Waals surface area contributed by atoms with E-state index in [4.69, 9.17) is 9.47 Å². The molecule has 0 bridgehead atoms. The lowest BCUT2D eigenvalue weighted by Crippen LogP contribution is -2.31. The van der Waals surface area contributed by atoms with Gasteiger partial charge in [0.15, 0.2) is 17.3 Å². The summed E-state index contributed by atoms with van der Waals surface area (Å²) in [6.07, 6.45) is 0. The van der Waals surface area contributed by atoms with Gasteiger partial charge in [0, 0.05) is 39.4 Å². The molecule has 0 atom stereocenters. The van der Waals surface area contributed by atoms with E-state index in [0.29, 0.717) is 18.1 Å². The molecule has 0 saturated carbocycles. The number of methoxy groups -OCH3 is 1. The molecule has 7 heteroatoms. The van der Waals surface area contributed by atoms with Crippen LogP contribution in [0, 0.1) is 0 Å². The van der Waals surface area contributed by atoms with Crippen LogP contribution >= 0.6 is 0 Å². The molecule has 0 aliphatic carbocycles. The maximum absolute atomic E-state index is 5.92. The van der Waals surface area contributed by atoms with Crippen molar-refractivity contribution in [1.29, 1.82) is 0 Å². The van der Waals surface area contributed by atoms with E-state index in [1.54, 1.807) is 7.11 Å². The van der Waals surface area contributed by atoms with Crippen molar-refractivity contribution in [1.82, 2.24) is 14.8 Å². The van der Waals surface area contributed by atoms with Crippen LogP contribution in [-0.2, 0) is 20.2 Å². The SMILES string of the molecule is COc1ccccc1OCc1nnc(N2CCN(C)c3ccccc3C2)n1C. The average Bonchev–Trinajstić information content (AvgIpc) is 3.01. The van der Waals surface area contributed by atoms with Gasteiger partial charge in [-0.05, 0) is 23.8 Å². The Kier molecular flexibility index (Phi) is 5.06. The van der Waals surface area contributed by atoms with E-state index in [1.807, 2.05) is 35.9 Å². The minimum atomic E-state index is 0.328. The third kappa shape index (κ3) is 3.47. The maximum atomic E-state index is 5.92. The molecule has 2 heterocycles. The number of fused-ring (bicyclic) bond motifs is 1. The molecular formula is C21H25N5O2. The van der Waals surface area contributed by atoms with E-state index < -0.39 is 0 Å². The van der Waals surface area contributed by atoms with Gasteiger partial charge in [0.25, 0.3) is 0 Å². The van der Waals surface area contributed by atoms with Crippen molar-refractivity contribution in [3.63, 3.8) is 0 Å². The summed E-state index contributed by atoms with van der Waals surface area (Å²) in [6, 6.07) is 16.1. The van der Waals surface area contributed by atoms with Crippen molar-refractivity contribution < 1.29 is 9.47 Å². The number of nitrogens with zero attached hydrogens (tertiary/aromatic N) is 5. The molecule has 2 aromatic carbocycles. The topological polar surface area (TPSA) is 55.7 Å². The van der Waals surface area contributed by atoms with Crippen LogP contribution in [0.5, 0.6) is 11.5 Å². The number of para-hydroxylation sites is 3. The molecule has 0 spiro atoms. The van der Waals surface area contributed by atoms with Gasteiger partial charge < -0.3 is 19.3 Å². The number of likely N-dealkylation sites (N-methyl/N-ethyl adjacent to an activating group) is 1. The first-order valence-electron chi connectivity index (χ1n) is 9.35. The van der Waals surface area contributed by atoms with E-state index >= 15 is 0 Å². The fourth-order valence-electron chi connectivity index (χ4n) is 3.50. The van der Waals surface area contributed by atoms with Crippen molar-refractivity contribution in [2.24, 2.45) is 7.05 Å². The maximum Gasteiger partial charge on any atom is 0.227 e. The molecule has 0 amide bonds. The van der Waals surface area contributed by atoms with Gasteiger partial charge in [0.2, 0.25) is 5.95 Å². The summed E-state index contributed by atoms with van der Waals surface area (Å²) < 4.78 is 13.3. The Morgan fingerprint density at radius 1 is 0.929 bits per heavy atom. The smallest absolute Gasteiger partial charge is 0.227 e. The summed E-state index contributed by atoms with van der Waals surface area (Å²) in [5.74, 6) is 3.02. The number of hydrogen-bond donors (Lipinski definition) is 0. The van der Waals surface area contributed by atoms with Gasteiger partial charge in [-0.2, -0.15) is 0 Å². The fourth-order valence-corrected chi connectivity index (χ4v) is 3.50. The lowest BCUT2D eigenvalue weighted by atomic mass is 10.1. The summed E-state index contributed by atoms with van der Waals surface area (Å²) in [5.41, 5.74) is 2.56. The van der Waals surface area contributed by atoms with Gasteiger partial charge >= 0.3 is 0 Å². The van der Waals surface area contributed by atoms with Gasteiger partial charge in [-0.3, -0.25) is 4.57 Å². The third-order valence-corrected chi connectivity index (χ3v) is 5.12. The Hall–Kier alpha value is -3.22. The monoisotopic (exact) mass is 379 g/mol. The molecule has 146 valence electrons. The van der Waals surface area contributed by atoms with Gasteiger partial charge in [-0.25, -0.2) is 0 Å². The Bertz CT molecular complexity index is 955. The van der Waals surface area contributed by atoms with E-state index in [9.17, 15) is 0 Å². The second kappa shape index (κ2) is 7.80. The lowest BCUT2D eigenvalue weighted by Gasteiger charge is -2.21. The van der Waals surface area contributed by atoms with Crippen LogP contribution in [-0.4, -0.2) is 42.0 Å². The van der Waals surface area contributed by atoms with E-state index in [0.717, 1.165) is 31.4 Å². The van der Waals surface area contributed by atoms with Crippen LogP contribution in [0.1, 0.15) is 11.4 Å². The Morgan fingerprint density at radius 2 is 1.68 bits per heavy atom. The van der Waals surface area contributed by atoms with Crippen molar-refractivity contribution in [3.8, 4) is 11.5 Å². The second-order valence-electron chi connectivity index (χ2n) is 6.89. The number of aromatic nitrogens is 3. The van der Waals surface area contributed by atoms with Crippen LogP contribution in [0.4, 0.5) is 11.6 Å². The molecule has 1 aliphatic rings. The number of hydrogen-bond acceptors (Lipinski definition) is 6. The van der Waals surface area contributed by atoms with Crippen LogP contribution in [0.25, 0.3) is 0 Å². The van der Waals surface area contributed by atoms with Crippen molar-refractivity contribution in [3.05, 3.63) is 59.9 Å². The predicted octanol–water partition coefficient (Wildman–Crippen LogP) is 2.86. The highest BCUT2D eigenvalue weighted by molar-refractivity contribution is 5.56. The second-order valence-corrected chi connectivity index (χ2v) is 6.89. The number of ether oxygens (including phenoxy) is 2. The molecule has 28 heavy (non-hydrogen) atoms. The summed E-state index contributed by atoms with van der Waals surface area (Å²) in [6.45, 7) is 2.94. The highest BCUT2D eigenvalue weighted by Gasteiger charge is 2.22. The Labute approximate surface area is 165 Å². The van der Waals surface area contributed by atoms with Crippen molar-refractivity contribution in [2.75, 3.05) is 37.0 Å². The third-order valence-electron chi connectivity index (χ3n) is 5.12. The fraction of sp³-hybridized carbons (Fsp3) is 0.333. The van der Waals surface area contributed by atoms with Crippen LogP contribution in [0.3, 0.4) is 0 Å². The Balaban J connectivity index is 1.52. The molecule has 3 aromatic rings. The zero-order valence-corrected chi connectivity index (χ0v) is 16.5. The van der Waals surface area contributed by atoms with E-state index in [-0.39, 0.29) is 0 Å². The molecule has 0 N–H and O–H groups in total. The minimum Gasteiger partial charge on any atom is -0.493 e. The van der Waals surface area contributed by atoms with Gasteiger partial charge in [-0.1, -0.05) is 30.3 Å². The number of rotatable bonds is 5. The number of benzene rings is 2. The molecule has 4 rings (SSSR count). The zero-order chi connectivity index (χ0) is 19.5. The molecular weight excluding hydrogens is 354 g/mol. The van der Waals surface area contributed by atoms with Gasteiger partial charge in [0.05, 0.1) is 7.11 Å². The molecule has 0 fully saturated rings. The lowest BCUT2D eigenvalue weighted by molar-refractivity contribution is 0.273. The van der Waals surface area contributed by atoms with E-state index in [1.165, 1.54) is 11.3 Å². The van der Waals surface area contributed by atoms with Crippen LogP contribution in [0.15, 0.2) is 48.5 Å². The zero-order valence-electron chi connectivity index (χ0n) is 16.5. The minimum absolute atomic E-state index is 0.328.